The molecule has 0 aliphatic carbocycles. The van der Waals surface area contributed by atoms with Crippen LogP contribution < -0.4 is 5.48 Å². The van der Waals surface area contributed by atoms with Crippen molar-refractivity contribution in [2.45, 2.75) is 71.1 Å². The maximum Gasteiger partial charge on any atom is 0.274 e. The second-order valence-electron chi connectivity index (χ2n) is 5.83. The van der Waals surface area contributed by atoms with Crippen molar-refractivity contribution in [1.29, 1.82) is 0 Å². The van der Waals surface area contributed by atoms with Crippen molar-refractivity contribution >= 4 is 5.91 Å². The predicted molar refractivity (Wildman–Crippen MR) is 91.7 cm³/mol. The molecule has 0 aliphatic rings. The van der Waals surface area contributed by atoms with Gasteiger partial charge in [0, 0.05) is 5.56 Å². The van der Waals surface area contributed by atoms with Crippen molar-refractivity contribution in [2.75, 3.05) is 6.61 Å². The Bertz CT molecular complexity index is 378. The summed E-state index contributed by atoms with van der Waals surface area (Å²) >= 11 is 0. The molecule has 3 nitrogen and oxygen atoms in total. The van der Waals surface area contributed by atoms with Crippen LogP contribution in [-0.2, 0) is 4.84 Å². The topological polar surface area (TPSA) is 38.3 Å². The predicted octanol–water partition coefficient (Wildman–Crippen LogP) is 5.27. The third kappa shape index (κ3) is 9.56. The Morgan fingerprint density at radius 3 is 2.00 bits per heavy atom. The van der Waals surface area contributed by atoms with Gasteiger partial charge >= 0.3 is 0 Å². The fourth-order valence-corrected chi connectivity index (χ4v) is 2.43. The molecule has 0 spiro atoms. The molecule has 124 valence electrons. The molecular weight excluding hydrogens is 274 g/mol. The van der Waals surface area contributed by atoms with Crippen molar-refractivity contribution in [3.63, 3.8) is 0 Å². The minimum atomic E-state index is -0.173. The molecule has 0 aromatic heterocycles. The molecule has 0 heterocycles. The van der Waals surface area contributed by atoms with E-state index in [-0.39, 0.29) is 5.91 Å². The van der Waals surface area contributed by atoms with Gasteiger partial charge in [-0.3, -0.25) is 9.63 Å². The average molecular weight is 305 g/mol. The zero-order chi connectivity index (χ0) is 15.9. The van der Waals surface area contributed by atoms with Gasteiger partial charge in [-0.1, -0.05) is 82.9 Å². The summed E-state index contributed by atoms with van der Waals surface area (Å²) in [5.41, 5.74) is 3.12. The number of benzene rings is 1. The van der Waals surface area contributed by atoms with E-state index in [4.69, 9.17) is 4.84 Å². The molecule has 1 aromatic rings. The minimum Gasteiger partial charge on any atom is -0.273 e. The molecule has 0 atom stereocenters. The standard InChI is InChI=1S/C19H31NO2/c1-2-3-4-5-6-7-8-9-10-14-17-22-20-19(21)18-15-12-11-13-16-18/h11-13,15-16H,2-10,14,17H2,1H3,(H,20,21). The Balaban J connectivity index is 1.85. The number of hydrogen-bond acceptors (Lipinski definition) is 2. The van der Waals surface area contributed by atoms with Gasteiger partial charge in [0.25, 0.3) is 5.91 Å². The first-order valence-corrected chi connectivity index (χ1v) is 8.81. The van der Waals surface area contributed by atoms with Gasteiger partial charge in [-0.05, 0) is 18.6 Å². The van der Waals surface area contributed by atoms with Crippen LogP contribution in [0, 0.1) is 0 Å². The zero-order valence-electron chi connectivity index (χ0n) is 14.0. The third-order valence-electron chi connectivity index (χ3n) is 3.80. The first-order chi connectivity index (χ1) is 10.8. The second kappa shape index (κ2) is 13.3. The highest BCUT2D eigenvalue weighted by Gasteiger charge is 2.03. The highest BCUT2D eigenvalue weighted by Crippen LogP contribution is 2.10. The van der Waals surface area contributed by atoms with Crippen LogP contribution in [0.2, 0.25) is 0 Å². The number of hydroxylamine groups is 1. The maximum absolute atomic E-state index is 11.7. The zero-order valence-corrected chi connectivity index (χ0v) is 14.0. The van der Waals surface area contributed by atoms with E-state index in [0.717, 1.165) is 6.42 Å². The van der Waals surface area contributed by atoms with E-state index in [1.54, 1.807) is 12.1 Å². The van der Waals surface area contributed by atoms with Crippen LogP contribution >= 0.6 is 0 Å². The van der Waals surface area contributed by atoms with Crippen molar-refractivity contribution in [2.24, 2.45) is 0 Å². The van der Waals surface area contributed by atoms with Crippen LogP contribution in [0.5, 0.6) is 0 Å². The first-order valence-electron chi connectivity index (χ1n) is 8.81. The summed E-state index contributed by atoms with van der Waals surface area (Å²) in [5.74, 6) is -0.173. The molecule has 1 N–H and O–H groups in total. The van der Waals surface area contributed by atoms with Crippen LogP contribution in [0.4, 0.5) is 0 Å². The molecule has 0 aliphatic heterocycles. The summed E-state index contributed by atoms with van der Waals surface area (Å²) in [5, 5.41) is 0. The molecule has 0 saturated heterocycles. The van der Waals surface area contributed by atoms with E-state index < -0.39 is 0 Å². The summed E-state index contributed by atoms with van der Waals surface area (Å²) in [7, 11) is 0. The Morgan fingerprint density at radius 2 is 1.41 bits per heavy atom. The molecule has 0 saturated carbocycles. The summed E-state index contributed by atoms with van der Waals surface area (Å²) in [6.45, 7) is 2.85. The Kier molecular flexibility index (Phi) is 11.3. The fraction of sp³-hybridized carbons (Fsp3) is 0.632. The van der Waals surface area contributed by atoms with Crippen molar-refractivity contribution in [1.82, 2.24) is 5.48 Å². The molecule has 0 unspecified atom stereocenters. The summed E-state index contributed by atoms with van der Waals surface area (Å²) in [6, 6.07) is 9.13. The minimum absolute atomic E-state index is 0.173. The van der Waals surface area contributed by atoms with Gasteiger partial charge in [-0.25, -0.2) is 5.48 Å². The van der Waals surface area contributed by atoms with Crippen molar-refractivity contribution in [3.8, 4) is 0 Å². The van der Waals surface area contributed by atoms with Crippen LogP contribution in [0.3, 0.4) is 0 Å². The number of rotatable bonds is 13. The average Bonchev–Trinajstić information content (AvgIpc) is 2.56. The first kappa shape index (κ1) is 18.7. The molecule has 0 fully saturated rings. The quantitative estimate of drug-likeness (QED) is 0.398. The molecule has 1 aromatic carbocycles. The number of unbranched alkanes of at least 4 members (excludes halogenated alkanes) is 9. The number of carbonyl (C=O) groups excluding carboxylic acids is 1. The number of amides is 1. The molecule has 22 heavy (non-hydrogen) atoms. The Labute approximate surface area is 135 Å². The summed E-state index contributed by atoms with van der Waals surface area (Å²) < 4.78 is 0. The van der Waals surface area contributed by atoms with Crippen LogP contribution in [-0.4, -0.2) is 12.5 Å². The third-order valence-corrected chi connectivity index (χ3v) is 3.80. The molecule has 3 heteroatoms. The van der Waals surface area contributed by atoms with Crippen LogP contribution in [0.1, 0.15) is 81.5 Å². The number of nitrogens with one attached hydrogen (secondary N) is 1. The lowest BCUT2D eigenvalue weighted by molar-refractivity contribution is 0.0297. The number of hydrogen-bond donors (Lipinski definition) is 1. The van der Waals surface area contributed by atoms with E-state index >= 15 is 0 Å². The van der Waals surface area contributed by atoms with Crippen LogP contribution in [0.25, 0.3) is 0 Å². The largest absolute Gasteiger partial charge is 0.274 e. The summed E-state index contributed by atoms with van der Waals surface area (Å²) in [6.07, 6.45) is 13.0. The van der Waals surface area contributed by atoms with Crippen LogP contribution in [0.15, 0.2) is 30.3 Å². The highest BCUT2D eigenvalue weighted by molar-refractivity contribution is 5.93. The second-order valence-corrected chi connectivity index (χ2v) is 5.83. The van der Waals surface area contributed by atoms with Crippen molar-refractivity contribution in [3.05, 3.63) is 35.9 Å². The Morgan fingerprint density at radius 1 is 0.864 bits per heavy atom. The normalized spacial score (nSPS) is 10.6. The lowest BCUT2D eigenvalue weighted by Crippen LogP contribution is -2.24. The lowest BCUT2D eigenvalue weighted by atomic mass is 10.1. The SMILES string of the molecule is CCCCCCCCCCCCONC(=O)c1ccccc1. The number of carbonyl (C=O) groups is 1. The van der Waals surface area contributed by atoms with Gasteiger partial charge in [-0.15, -0.1) is 0 Å². The smallest absolute Gasteiger partial charge is 0.273 e. The lowest BCUT2D eigenvalue weighted by Gasteiger charge is -2.06. The fourth-order valence-electron chi connectivity index (χ4n) is 2.43. The van der Waals surface area contributed by atoms with E-state index in [0.29, 0.717) is 12.2 Å². The van der Waals surface area contributed by atoms with E-state index in [1.165, 1.54) is 57.8 Å². The Hall–Kier alpha value is -1.35. The van der Waals surface area contributed by atoms with Gasteiger partial charge in [0.1, 0.15) is 0 Å². The molecule has 1 rings (SSSR count). The molecule has 0 radical (unpaired) electrons. The van der Waals surface area contributed by atoms with E-state index in [2.05, 4.69) is 12.4 Å². The molecular formula is C19H31NO2. The van der Waals surface area contributed by atoms with Crippen molar-refractivity contribution < 1.29 is 9.63 Å². The van der Waals surface area contributed by atoms with E-state index in [9.17, 15) is 4.79 Å². The van der Waals surface area contributed by atoms with E-state index in [1.807, 2.05) is 18.2 Å². The summed E-state index contributed by atoms with van der Waals surface area (Å²) in [4.78, 5) is 16.9. The monoisotopic (exact) mass is 305 g/mol. The molecule has 0 bridgehead atoms. The highest BCUT2D eigenvalue weighted by atomic mass is 16.6. The molecule has 1 amide bonds. The maximum atomic E-state index is 11.7. The van der Waals surface area contributed by atoms with Gasteiger partial charge in [-0.2, -0.15) is 0 Å². The van der Waals surface area contributed by atoms with Gasteiger partial charge < -0.3 is 0 Å². The van der Waals surface area contributed by atoms with Gasteiger partial charge in [0.2, 0.25) is 0 Å². The van der Waals surface area contributed by atoms with Gasteiger partial charge in [0.15, 0.2) is 0 Å². The van der Waals surface area contributed by atoms with Gasteiger partial charge in [0.05, 0.1) is 6.61 Å².